The van der Waals surface area contributed by atoms with E-state index >= 15 is 0 Å². The fraction of sp³-hybridized carbons (Fsp3) is 0.714. The Morgan fingerprint density at radius 3 is 2.72 bits per heavy atom. The summed E-state index contributed by atoms with van der Waals surface area (Å²) >= 11 is 0. The molecule has 4 nitrogen and oxygen atoms in total. The van der Waals surface area contributed by atoms with E-state index in [4.69, 9.17) is 11.2 Å². The van der Waals surface area contributed by atoms with Crippen molar-refractivity contribution in [3.05, 3.63) is 0 Å². The topological polar surface area (TPSA) is 46.6 Å². The largest absolute Gasteiger partial charge is 0.449 e. The Morgan fingerprint density at radius 1 is 1.50 bits per heavy atom. The zero-order valence-corrected chi connectivity index (χ0v) is 11.0. The summed E-state index contributed by atoms with van der Waals surface area (Å²) in [5.41, 5.74) is 0. The zero-order chi connectivity index (χ0) is 13.4. The summed E-state index contributed by atoms with van der Waals surface area (Å²) in [4.78, 5) is 24.9. The molecule has 1 aliphatic carbocycles. The van der Waals surface area contributed by atoms with E-state index in [1.54, 1.807) is 4.90 Å². The third-order valence-electron chi connectivity index (χ3n) is 3.11. The van der Waals surface area contributed by atoms with Crippen LogP contribution in [0.15, 0.2) is 0 Å². The third kappa shape index (κ3) is 4.40. The van der Waals surface area contributed by atoms with Crippen molar-refractivity contribution in [2.45, 2.75) is 51.5 Å². The van der Waals surface area contributed by atoms with Gasteiger partial charge in [0.05, 0.1) is 6.61 Å². The first-order valence-corrected chi connectivity index (χ1v) is 6.57. The number of ether oxygens (including phenoxy) is 1. The van der Waals surface area contributed by atoms with Crippen LogP contribution in [0.3, 0.4) is 0 Å². The zero-order valence-electron chi connectivity index (χ0n) is 11.0. The molecule has 1 rings (SSSR count). The predicted molar refractivity (Wildman–Crippen MR) is 69.1 cm³/mol. The molecule has 4 heteroatoms. The Bertz CT molecular complexity index is 322. The molecule has 0 N–H and O–H groups in total. The molecule has 0 aromatic heterocycles. The van der Waals surface area contributed by atoms with Gasteiger partial charge in [0.15, 0.2) is 0 Å². The number of ketones is 1. The summed E-state index contributed by atoms with van der Waals surface area (Å²) in [7, 11) is 0. The molecule has 18 heavy (non-hydrogen) atoms. The lowest BCUT2D eigenvalue weighted by molar-refractivity contribution is -0.121. The lowest BCUT2D eigenvalue weighted by atomic mass is 9.93. The molecular weight excluding hydrogens is 230 g/mol. The lowest BCUT2D eigenvalue weighted by Gasteiger charge is -2.32. The number of amides is 1. The molecule has 0 unspecified atom stereocenters. The first-order valence-electron chi connectivity index (χ1n) is 6.57. The maximum Gasteiger partial charge on any atom is 0.410 e. The van der Waals surface area contributed by atoms with E-state index in [1.165, 1.54) is 0 Å². The Hall–Kier alpha value is -1.50. The molecule has 0 heterocycles. The smallest absolute Gasteiger partial charge is 0.410 e. The van der Waals surface area contributed by atoms with E-state index < -0.39 is 0 Å². The van der Waals surface area contributed by atoms with Gasteiger partial charge in [-0.05, 0) is 19.3 Å². The molecule has 0 spiro atoms. The summed E-state index contributed by atoms with van der Waals surface area (Å²) in [5.74, 6) is 2.82. The number of hydrogen-bond donors (Lipinski definition) is 0. The van der Waals surface area contributed by atoms with Gasteiger partial charge in [-0.1, -0.05) is 6.92 Å². The molecule has 1 amide bonds. The van der Waals surface area contributed by atoms with Crippen molar-refractivity contribution in [3.63, 3.8) is 0 Å². The average molecular weight is 251 g/mol. The summed E-state index contributed by atoms with van der Waals surface area (Å²) < 4.78 is 5.16. The third-order valence-corrected chi connectivity index (χ3v) is 3.11. The average Bonchev–Trinajstić information content (AvgIpc) is 2.38. The van der Waals surface area contributed by atoms with Gasteiger partial charge in [-0.2, -0.15) is 0 Å². The molecule has 1 aliphatic rings. The molecule has 0 bridgehead atoms. The molecular formula is C14H21NO3. The fourth-order valence-corrected chi connectivity index (χ4v) is 2.12. The number of rotatable bonds is 5. The molecule has 0 aromatic carbocycles. The van der Waals surface area contributed by atoms with Gasteiger partial charge in [0.1, 0.15) is 5.78 Å². The highest BCUT2D eigenvalue weighted by Gasteiger charge is 2.28. The van der Waals surface area contributed by atoms with Crippen molar-refractivity contribution in [1.29, 1.82) is 0 Å². The molecule has 0 aromatic rings. The van der Waals surface area contributed by atoms with E-state index in [9.17, 15) is 9.59 Å². The number of nitrogens with zero attached hydrogens (tertiary/aromatic N) is 1. The van der Waals surface area contributed by atoms with Crippen LogP contribution >= 0.6 is 0 Å². The van der Waals surface area contributed by atoms with Gasteiger partial charge in [-0.15, -0.1) is 12.3 Å². The molecule has 0 radical (unpaired) electrons. The SMILES string of the molecule is C#CCCN(C(=O)OCCC)C1CCC(=O)CC1. The van der Waals surface area contributed by atoms with Gasteiger partial charge in [0.25, 0.3) is 0 Å². The van der Waals surface area contributed by atoms with Gasteiger partial charge >= 0.3 is 6.09 Å². The van der Waals surface area contributed by atoms with Crippen LogP contribution in [0.4, 0.5) is 4.79 Å². The van der Waals surface area contributed by atoms with Crippen LogP contribution in [0.2, 0.25) is 0 Å². The number of carbonyl (C=O) groups is 2. The van der Waals surface area contributed by atoms with Crippen molar-refractivity contribution in [2.75, 3.05) is 13.2 Å². The Morgan fingerprint density at radius 2 is 2.17 bits per heavy atom. The highest BCUT2D eigenvalue weighted by molar-refractivity contribution is 5.79. The van der Waals surface area contributed by atoms with Gasteiger partial charge in [-0.25, -0.2) is 4.79 Å². The van der Waals surface area contributed by atoms with Crippen LogP contribution in [-0.2, 0) is 9.53 Å². The van der Waals surface area contributed by atoms with E-state index in [0.717, 1.165) is 19.3 Å². The maximum atomic E-state index is 11.9. The first-order chi connectivity index (χ1) is 8.69. The highest BCUT2D eigenvalue weighted by atomic mass is 16.6. The monoisotopic (exact) mass is 251 g/mol. The van der Waals surface area contributed by atoms with Crippen molar-refractivity contribution >= 4 is 11.9 Å². The van der Waals surface area contributed by atoms with Gasteiger partial charge in [0, 0.05) is 31.8 Å². The van der Waals surface area contributed by atoms with Crippen molar-refractivity contribution in [3.8, 4) is 12.3 Å². The van der Waals surface area contributed by atoms with Crippen LogP contribution < -0.4 is 0 Å². The number of terminal acetylenes is 1. The van der Waals surface area contributed by atoms with Gasteiger partial charge < -0.3 is 9.64 Å². The second-order valence-electron chi connectivity index (χ2n) is 4.53. The normalized spacial score (nSPS) is 16.1. The Labute approximate surface area is 109 Å². The number of carbonyl (C=O) groups excluding carboxylic acids is 2. The van der Waals surface area contributed by atoms with Crippen molar-refractivity contribution in [1.82, 2.24) is 4.90 Å². The van der Waals surface area contributed by atoms with E-state index in [0.29, 0.717) is 32.4 Å². The molecule has 0 aliphatic heterocycles. The lowest BCUT2D eigenvalue weighted by Crippen LogP contribution is -2.43. The Balaban J connectivity index is 2.56. The quantitative estimate of drug-likeness (QED) is 0.705. The molecule has 0 saturated heterocycles. The number of hydrogen-bond acceptors (Lipinski definition) is 3. The summed E-state index contributed by atoms with van der Waals surface area (Å²) in [5, 5.41) is 0. The van der Waals surface area contributed by atoms with Gasteiger partial charge in [-0.3, -0.25) is 4.79 Å². The highest BCUT2D eigenvalue weighted by Crippen LogP contribution is 2.21. The van der Waals surface area contributed by atoms with Crippen molar-refractivity contribution in [2.24, 2.45) is 0 Å². The Kier molecular flexibility index (Phi) is 6.27. The summed E-state index contributed by atoms with van der Waals surface area (Å²) in [6.45, 7) is 2.90. The maximum absolute atomic E-state index is 11.9. The first kappa shape index (κ1) is 14.6. The minimum atomic E-state index is -0.300. The van der Waals surface area contributed by atoms with Crippen LogP contribution in [0.5, 0.6) is 0 Å². The van der Waals surface area contributed by atoms with Crippen LogP contribution in [0, 0.1) is 12.3 Å². The molecule has 1 saturated carbocycles. The minimum Gasteiger partial charge on any atom is -0.449 e. The second-order valence-corrected chi connectivity index (χ2v) is 4.53. The molecule has 100 valence electrons. The fourth-order valence-electron chi connectivity index (χ4n) is 2.12. The van der Waals surface area contributed by atoms with E-state index in [1.807, 2.05) is 6.92 Å². The second kappa shape index (κ2) is 7.75. The van der Waals surface area contributed by atoms with Crippen LogP contribution in [-0.4, -0.2) is 36.0 Å². The van der Waals surface area contributed by atoms with Crippen molar-refractivity contribution < 1.29 is 14.3 Å². The van der Waals surface area contributed by atoms with Crippen LogP contribution in [0.25, 0.3) is 0 Å². The summed E-state index contributed by atoms with van der Waals surface area (Å²) in [6, 6.07) is 0.0976. The minimum absolute atomic E-state index is 0.0976. The van der Waals surface area contributed by atoms with E-state index in [-0.39, 0.29) is 17.9 Å². The summed E-state index contributed by atoms with van der Waals surface area (Å²) in [6.07, 6.45) is 8.83. The predicted octanol–water partition coefficient (Wildman–Crippen LogP) is 2.37. The van der Waals surface area contributed by atoms with Gasteiger partial charge in [0.2, 0.25) is 0 Å². The van der Waals surface area contributed by atoms with Crippen LogP contribution in [0.1, 0.15) is 45.4 Å². The molecule has 0 atom stereocenters. The standard InChI is InChI=1S/C14H21NO3/c1-3-5-10-15(14(17)18-11-4-2)12-6-8-13(16)9-7-12/h1,12H,4-11H2,2H3. The number of Topliss-reactive ketones (excluding diaryl/α,β-unsaturated/α-hetero) is 1. The molecule has 1 fully saturated rings. The van der Waals surface area contributed by atoms with E-state index in [2.05, 4.69) is 5.92 Å².